The third kappa shape index (κ3) is 2.69. The first-order valence-corrected chi connectivity index (χ1v) is 6.70. The van der Waals surface area contributed by atoms with E-state index >= 15 is 0 Å². The van der Waals surface area contributed by atoms with Gasteiger partial charge in [-0.1, -0.05) is 44.2 Å². The van der Waals surface area contributed by atoms with Crippen LogP contribution in [0.5, 0.6) is 0 Å². The minimum absolute atomic E-state index is 0.00377. The van der Waals surface area contributed by atoms with Crippen molar-refractivity contribution in [1.82, 2.24) is 10.3 Å². The molecule has 0 amide bonds. The Hall–Kier alpha value is -1.67. The monoisotopic (exact) mass is 254 g/mol. The van der Waals surface area contributed by atoms with Crippen LogP contribution in [-0.4, -0.2) is 12.0 Å². The van der Waals surface area contributed by atoms with Crippen molar-refractivity contribution in [2.75, 3.05) is 7.05 Å². The van der Waals surface area contributed by atoms with E-state index in [9.17, 15) is 0 Å². The van der Waals surface area contributed by atoms with Crippen molar-refractivity contribution in [2.24, 2.45) is 0 Å². The first kappa shape index (κ1) is 13.8. The van der Waals surface area contributed by atoms with Gasteiger partial charge in [0.05, 0.1) is 0 Å². The Bertz CT molecular complexity index is 532. The Labute approximate surface area is 115 Å². The number of nitrogens with zero attached hydrogens (tertiary/aromatic N) is 1. The molecule has 0 aliphatic heterocycles. The molecule has 0 saturated carbocycles. The molecule has 0 bridgehead atoms. The first-order valence-electron chi connectivity index (χ1n) is 6.70. The van der Waals surface area contributed by atoms with E-state index in [4.69, 9.17) is 0 Å². The van der Waals surface area contributed by atoms with E-state index < -0.39 is 0 Å². The zero-order chi connectivity index (χ0) is 13.9. The van der Waals surface area contributed by atoms with Gasteiger partial charge in [-0.25, -0.2) is 0 Å². The summed E-state index contributed by atoms with van der Waals surface area (Å²) in [6.45, 7) is 6.69. The molecule has 2 rings (SSSR count). The van der Waals surface area contributed by atoms with Gasteiger partial charge in [-0.3, -0.25) is 4.98 Å². The van der Waals surface area contributed by atoms with Crippen LogP contribution in [-0.2, 0) is 5.41 Å². The van der Waals surface area contributed by atoms with Gasteiger partial charge >= 0.3 is 0 Å². The lowest BCUT2D eigenvalue weighted by molar-refractivity contribution is 0.366. The molecule has 100 valence electrons. The van der Waals surface area contributed by atoms with Gasteiger partial charge in [0.2, 0.25) is 0 Å². The van der Waals surface area contributed by atoms with Gasteiger partial charge in [0.1, 0.15) is 0 Å². The smallest absolute Gasteiger partial charge is 0.0428 e. The van der Waals surface area contributed by atoms with Crippen LogP contribution >= 0.6 is 0 Å². The minimum atomic E-state index is 0.00377. The second-order valence-electron chi connectivity index (χ2n) is 5.54. The quantitative estimate of drug-likeness (QED) is 0.901. The Balaban J connectivity index is 2.45. The molecule has 1 N–H and O–H groups in total. The Morgan fingerprint density at radius 2 is 1.79 bits per heavy atom. The van der Waals surface area contributed by atoms with Crippen LogP contribution < -0.4 is 5.32 Å². The van der Waals surface area contributed by atoms with E-state index in [0.717, 1.165) is 0 Å². The lowest BCUT2D eigenvalue weighted by Gasteiger charge is -2.35. The third-order valence-electron chi connectivity index (χ3n) is 3.92. The second kappa shape index (κ2) is 5.54. The zero-order valence-electron chi connectivity index (χ0n) is 12.1. The number of hydrogen-bond donors (Lipinski definition) is 1. The molecule has 2 nitrogen and oxygen atoms in total. The standard InChI is InChI=1S/C17H22N2/c1-13-10-11-19-12-15(13)16(18-4)17(2,3)14-8-6-5-7-9-14/h5-12,16,18H,1-4H3. The van der Waals surface area contributed by atoms with Crippen molar-refractivity contribution in [3.05, 3.63) is 65.5 Å². The minimum Gasteiger partial charge on any atom is -0.312 e. The van der Waals surface area contributed by atoms with E-state index in [1.54, 1.807) is 0 Å². The van der Waals surface area contributed by atoms with E-state index in [2.05, 4.69) is 67.5 Å². The SMILES string of the molecule is CNC(c1cnccc1C)C(C)(C)c1ccccc1. The van der Waals surface area contributed by atoms with Gasteiger partial charge < -0.3 is 5.32 Å². The maximum atomic E-state index is 4.28. The average molecular weight is 254 g/mol. The summed E-state index contributed by atoms with van der Waals surface area (Å²) < 4.78 is 0. The maximum Gasteiger partial charge on any atom is 0.0428 e. The van der Waals surface area contributed by atoms with Crippen LogP contribution in [0, 0.1) is 6.92 Å². The van der Waals surface area contributed by atoms with Crippen LogP contribution in [0.1, 0.15) is 36.6 Å². The molecule has 2 heteroatoms. The van der Waals surface area contributed by atoms with Gasteiger partial charge in [0.15, 0.2) is 0 Å². The predicted octanol–water partition coefficient (Wildman–Crippen LogP) is 3.63. The summed E-state index contributed by atoms with van der Waals surface area (Å²) in [6, 6.07) is 12.9. The Kier molecular flexibility index (Phi) is 4.01. The molecule has 0 radical (unpaired) electrons. The van der Waals surface area contributed by atoms with Gasteiger partial charge in [-0.15, -0.1) is 0 Å². The number of aromatic nitrogens is 1. The molecule has 2 aromatic rings. The lowest BCUT2D eigenvalue weighted by Crippen LogP contribution is -2.36. The van der Waals surface area contributed by atoms with Gasteiger partial charge in [-0.05, 0) is 36.7 Å². The van der Waals surface area contributed by atoms with Gasteiger partial charge in [0.25, 0.3) is 0 Å². The third-order valence-corrected chi connectivity index (χ3v) is 3.92. The largest absolute Gasteiger partial charge is 0.312 e. The fourth-order valence-corrected chi connectivity index (χ4v) is 2.72. The van der Waals surface area contributed by atoms with E-state index in [1.807, 2.05) is 19.4 Å². The number of pyridine rings is 1. The Morgan fingerprint density at radius 1 is 1.11 bits per heavy atom. The molecule has 0 fully saturated rings. The molecule has 0 aliphatic rings. The summed E-state index contributed by atoms with van der Waals surface area (Å²) in [5.41, 5.74) is 3.87. The number of benzene rings is 1. The van der Waals surface area contributed by atoms with Crippen LogP contribution in [0.3, 0.4) is 0 Å². The van der Waals surface area contributed by atoms with Crippen molar-refractivity contribution in [1.29, 1.82) is 0 Å². The summed E-state index contributed by atoms with van der Waals surface area (Å²) >= 11 is 0. The molecule has 1 unspecified atom stereocenters. The van der Waals surface area contributed by atoms with Crippen LogP contribution in [0.4, 0.5) is 0 Å². The van der Waals surface area contributed by atoms with Crippen LogP contribution in [0.2, 0.25) is 0 Å². The predicted molar refractivity (Wildman–Crippen MR) is 80.2 cm³/mol. The molecule has 19 heavy (non-hydrogen) atoms. The maximum absolute atomic E-state index is 4.28. The highest BCUT2D eigenvalue weighted by atomic mass is 14.9. The molecule has 1 heterocycles. The fourth-order valence-electron chi connectivity index (χ4n) is 2.72. The molecule has 1 aromatic carbocycles. The molecule has 0 aliphatic carbocycles. The van der Waals surface area contributed by atoms with Crippen molar-refractivity contribution < 1.29 is 0 Å². The number of nitrogens with one attached hydrogen (secondary N) is 1. The fraction of sp³-hybridized carbons (Fsp3) is 0.353. The average Bonchev–Trinajstić information content (AvgIpc) is 2.42. The lowest BCUT2D eigenvalue weighted by atomic mass is 9.74. The topological polar surface area (TPSA) is 24.9 Å². The highest BCUT2D eigenvalue weighted by Gasteiger charge is 2.32. The normalized spacial score (nSPS) is 13.3. The van der Waals surface area contributed by atoms with Gasteiger partial charge in [0, 0.05) is 23.9 Å². The molecule has 0 saturated heterocycles. The summed E-state index contributed by atoms with van der Waals surface area (Å²) in [7, 11) is 2.02. The molecule has 0 spiro atoms. The van der Waals surface area contributed by atoms with E-state index in [1.165, 1.54) is 16.7 Å². The zero-order valence-corrected chi connectivity index (χ0v) is 12.1. The van der Waals surface area contributed by atoms with Crippen molar-refractivity contribution >= 4 is 0 Å². The van der Waals surface area contributed by atoms with Crippen molar-refractivity contribution in [2.45, 2.75) is 32.2 Å². The van der Waals surface area contributed by atoms with Gasteiger partial charge in [-0.2, -0.15) is 0 Å². The highest BCUT2D eigenvalue weighted by molar-refractivity contribution is 5.34. The highest BCUT2D eigenvalue weighted by Crippen LogP contribution is 2.37. The second-order valence-corrected chi connectivity index (χ2v) is 5.54. The first-order chi connectivity index (χ1) is 9.07. The van der Waals surface area contributed by atoms with Crippen molar-refractivity contribution in [3.63, 3.8) is 0 Å². The van der Waals surface area contributed by atoms with Crippen LogP contribution in [0.25, 0.3) is 0 Å². The van der Waals surface area contributed by atoms with E-state index in [0.29, 0.717) is 0 Å². The summed E-state index contributed by atoms with van der Waals surface area (Å²) in [5.74, 6) is 0. The number of rotatable bonds is 4. The van der Waals surface area contributed by atoms with Crippen LogP contribution in [0.15, 0.2) is 48.8 Å². The summed E-state index contributed by atoms with van der Waals surface area (Å²) in [5, 5.41) is 3.46. The number of aryl methyl sites for hydroxylation is 1. The number of hydrogen-bond acceptors (Lipinski definition) is 2. The molecule has 1 aromatic heterocycles. The molecular formula is C17H22N2. The summed E-state index contributed by atoms with van der Waals surface area (Å²) in [6.07, 6.45) is 3.82. The van der Waals surface area contributed by atoms with E-state index in [-0.39, 0.29) is 11.5 Å². The molecule has 1 atom stereocenters. The summed E-state index contributed by atoms with van der Waals surface area (Å²) in [4.78, 5) is 4.28. The molecular weight excluding hydrogens is 232 g/mol. The van der Waals surface area contributed by atoms with Crippen molar-refractivity contribution in [3.8, 4) is 0 Å². The number of likely N-dealkylation sites (N-methyl/N-ethyl adjacent to an activating group) is 1. The Morgan fingerprint density at radius 3 is 2.37 bits per heavy atom.